The van der Waals surface area contributed by atoms with Crippen LogP contribution in [0.3, 0.4) is 0 Å². The van der Waals surface area contributed by atoms with E-state index in [1.54, 1.807) is 7.11 Å². The first-order chi connectivity index (χ1) is 3.93. The van der Waals surface area contributed by atoms with Gasteiger partial charge in [0.25, 0.3) is 0 Å². The second-order valence-electron chi connectivity index (χ2n) is 2.58. The van der Waals surface area contributed by atoms with Crippen molar-refractivity contribution >= 4 is 0 Å². The first kappa shape index (κ1) is 6.09. The summed E-state index contributed by atoms with van der Waals surface area (Å²) in [6.07, 6.45) is 5.64. The van der Waals surface area contributed by atoms with E-state index in [-0.39, 0.29) is 0 Å². The Morgan fingerprint density at radius 2 is 2.25 bits per heavy atom. The average Bonchev–Trinajstić information content (AvgIpc) is 1.63. The van der Waals surface area contributed by atoms with Gasteiger partial charge in [0.05, 0.1) is 0 Å². The van der Waals surface area contributed by atoms with Gasteiger partial charge in [0.15, 0.2) is 0 Å². The summed E-state index contributed by atoms with van der Waals surface area (Å²) >= 11 is 0. The lowest BCUT2D eigenvalue weighted by Crippen LogP contribution is -2.12. The SMILES string of the molecule is COCCC1CCC1. The molecule has 0 aromatic heterocycles. The molecule has 0 atom stereocenters. The van der Waals surface area contributed by atoms with Crippen LogP contribution in [0.2, 0.25) is 0 Å². The Hall–Kier alpha value is -0.0400. The quantitative estimate of drug-likeness (QED) is 0.544. The molecule has 0 bridgehead atoms. The molecule has 0 radical (unpaired) electrons. The maximum absolute atomic E-state index is 4.95. The van der Waals surface area contributed by atoms with E-state index in [2.05, 4.69) is 0 Å². The minimum absolute atomic E-state index is 0.963. The molecule has 0 saturated heterocycles. The molecule has 1 saturated carbocycles. The fourth-order valence-electron chi connectivity index (χ4n) is 1.07. The van der Waals surface area contributed by atoms with Crippen LogP contribution in [-0.4, -0.2) is 13.7 Å². The van der Waals surface area contributed by atoms with Gasteiger partial charge in [-0.2, -0.15) is 0 Å². The van der Waals surface area contributed by atoms with E-state index >= 15 is 0 Å². The van der Waals surface area contributed by atoms with Crippen LogP contribution in [0, 0.1) is 5.92 Å². The molecule has 0 N–H and O–H groups in total. The molecule has 0 amide bonds. The van der Waals surface area contributed by atoms with Gasteiger partial charge in [-0.25, -0.2) is 0 Å². The van der Waals surface area contributed by atoms with Crippen LogP contribution in [0.25, 0.3) is 0 Å². The van der Waals surface area contributed by atoms with Crippen molar-refractivity contribution in [1.82, 2.24) is 0 Å². The number of ether oxygens (including phenoxy) is 1. The van der Waals surface area contributed by atoms with Crippen molar-refractivity contribution in [3.05, 3.63) is 0 Å². The molecule has 0 unspecified atom stereocenters. The fraction of sp³-hybridized carbons (Fsp3) is 1.00. The van der Waals surface area contributed by atoms with Gasteiger partial charge < -0.3 is 4.74 Å². The monoisotopic (exact) mass is 114 g/mol. The minimum Gasteiger partial charge on any atom is -0.385 e. The lowest BCUT2D eigenvalue weighted by molar-refractivity contribution is 0.154. The molecule has 0 aromatic rings. The largest absolute Gasteiger partial charge is 0.385 e. The third-order valence-corrected chi connectivity index (χ3v) is 1.95. The Balaban J connectivity index is 1.86. The molecule has 1 nitrogen and oxygen atoms in total. The summed E-state index contributed by atoms with van der Waals surface area (Å²) in [7, 11) is 1.78. The van der Waals surface area contributed by atoms with Crippen LogP contribution in [0.4, 0.5) is 0 Å². The Bertz CT molecular complexity index is 57.4. The van der Waals surface area contributed by atoms with Gasteiger partial charge in [-0.15, -0.1) is 0 Å². The van der Waals surface area contributed by atoms with Gasteiger partial charge in [-0.1, -0.05) is 19.3 Å². The predicted molar refractivity (Wildman–Crippen MR) is 33.8 cm³/mol. The van der Waals surface area contributed by atoms with E-state index in [1.807, 2.05) is 0 Å². The zero-order valence-corrected chi connectivity index (χ0v) is 5.52. The highest BCUT2D eigenvalue weighted by atomic mass is 16.5. The van der Waals surface area contributed by atoms with Gasteiger partial charge in [-0.05, 0) is 12.3 Å². The standard InChI is InChI=1S/C7H14O/c1-8-6-5-7-3-2-4-7/h7H,2-6H2,1H3. The molecule has 0 spiro atoms. The van der Waals surface area contributed by atoms with Gasteiger partial charge in [-0.3, -0.25) is 0 Å². The first-order valence-electron chi connectivity index (χ1n) is 3.42. The van der Waals surface area contributed by atoms with Crippen LogP contribution in [0.1, 0.15) is 25.7 Å². The average molecular weight is 114 g/mol. The maximum Gasteiger partial charge on any atom is 0.0464 e. The van der Waals surface area contributed by atoms with Crippen molar-refractivity contribution in [3.63, 3.8) is 0 Å². The van der Waals surface area contributed by atoms with Crippen molar-refractivity contribution in [3.8, 4) is 0 Å². The van der Waals surface area contributed by atoms with Gasteiger partial charge >= 0.3 is 0 Å². The number of rotatable bonds is 3. The van der Waals surface area contributed by atoms with E-state index in [9.17, 15) is 0 Å². The molecule has 1 rings (SSSR count). The molecule has 0 aliphatic heterocycles. The minimum atomic E-state index is 0.963. The second-order valence-corrected chi connectivity index (χ2v) is 2.58. The van der Waals surface area contributed by atoms with Crippen LogP contribution in [-0.2, 0) is 4.74 Å². The van der Waals surface area contributed by atoms with Crippen molar-refractivity contribution in [2.45, 2.75) is 25.7 Å². The van der Waals surface area contributed by atoms with Crippen LogP contribution in [0.5, 0.6) is 0 Å². The molecule has 8 heavy (non-hydrogen) atoms. The van der Waals surface area contributed by atoms with Crippen LogP contribution >= 0.6 is 0 Å². The Morgan fingerprint density at radius 3 is 2.62 bits per heavy atom. The Labute approximate surface area is 51.0 Å². The summed E-state index contributed by atoms with van der Waals surface area (Å²) in [5.41, 5.74) is 0. The number of methoxy groups -OCH3 is 1. The molecule has 1 aliphatic carbocycles. The van der Waals surface area contributed by atoms with Crippen molar-refractivity contribution in [2.24, 2.45) is 5.92 Å². The second kappa shape index (κ2) is 3.08. The highest BCUT2D eigenvalue weighted by Crippen LogP contribution is 2.28. The summed E-state index contributed by atoms with van der Waals surface area (Å²) in [5.74, 6) is 1.01. The Kier molecular flexibility index (Phi) is 2.34. The molecule has 1 aliphatic rings. The molecular weight excluding hydrogens is 100 g/mol. The summed E-state index contributed by atoms with van der Waals surface area (Å²) in [5, 5.41) is 0. The molecule has 1 heteroatoms. The highest BCUT2D eigenvalue weighted by Gasteiger charge is 2.15. The maximum atomic E-state index is 4.95. The Morgan fingerprint density at radius 1 is 1.50 bits per heavy atom. The third-order valence-electron chi connectivity index (χ3n) is 1.95. The summed E-state index contributed by atoms with van der Waals surface area (Å²) in [4.78, 5) is 0. The van der Waals surface area contributed by atoms with E-state index < -0.39 is 0 Å². The van der Waals surface area contributed by atoms with Crippen molar-refractivity contribution in [1.29, 1.82) is 0 Å². The predicted octanol–water partition coefficient (Wildman–Crippen LogP) is 1.82. The first-order valence-corrected chi connectivity index (χ1v) is 3.42. The summed E-state index contributed by atoms with van der Waals surface area (Å²) < 4.78 is 4.95. The lowest BCUT2D eigenvalue weighted by atomic mass is 9.83. The third kappa shape index (κ3) is 1.48. The zero-order valence-electron chi connectivity index (χ0n) is 5.52. The topological polar surface area (TPSA) is 9.23 Å². The van der Waals surface area contributed by atoms with Crippen molar-refractivity contribution in [2.75, 3.05) is 13.7 Å². The lowest BCUT2D eigenvalue weighted by Gasteiger charge is -2.24. The molecule has 48 valence electrons. The fourth-order valence-corrected chi connectivity index (χ4v) is 1.07. The molecule has 0 heterocycles. The van der Waals surface area contributed by atoms with E-state index in [1.165, 1.54) is 25.7 Å². The van der Waals surface area contributed by atoms with Gasteiger partial charge in [0.2, 0.25) is 0 Å². The molecular formula is C7H14O. The number of hydrogen-bond acceptors (Lipinski definition) is 1. The molecule has 0 aromatic carbocycles. The zero-order chi connectivity index (χ0) is 5.82. The van der Waals surface area contributed by atoms with E-state index in [0.29, 0.717) is 0 Å². The van der Waals surface area contributed by atoms with Crippen LogP contribution < -0.4 is 0 Å². The van der Waals surface area contributed by atoms with Crippen molar-refractivity contribution < 1.29 is 4.74 Å². The van der Waals surface area contributed by atoms with E-state index in [0.717, 1.165) is 12.5 Å². The smallest absolute Gasteiger partial charge is 0.0464 e. The van der Waals surface area contributed by atoms with Gasteiger partial charge in [0, 0.05) is 13.7 Å². The summed E-state index contributed by atoms with van der Waals surface area (Å²) in [6.45, 7) is 0.963. The normalized spacial score (nSPS) is 20.6. The molecule has 1 fully saturated rings. The highest BCUT2D eigenvalue weighted by molar-refractivity contribution is 4.68. The van der Waals surface area contributed by atoms with Gasteiger partial charge in [0.1, 0.15) is 0 Å². The summed E-state index contributed by atoms with van der Waals surface area (Å²) in [6, 6.07) is 0. The number of hydrogen-bond donors (Lipinski definition) is 0. The van der Waals surface area contributed by atoms with Crippen LogP contribution in [0.15, 0.2) is 0 Å². The van der Waals surface area contributed by atoms with E-state index in [4.69, 9.17) is 4.74 Å².